The highest BCUT2D eigenvalue weighted by molar-refractivity contribution is 14.0. The van der Waals surface area contributed by atoms with Crippen LogP contribution in [0.15, 0.2) is 23.3 Å². The Bertz CT molecular complexity index is 443. The number of nitrogens with zero attached hydrogens (tertiary/aromatic N) is 2. The zero-order valence-corrected chi connectivity index (χ0v) is 15.0. The van der Waals surface area contributed by atoms with Crippen molar-refractivity contribution in [1.82, 2.24) is 10.3 Å². The maximum Gasteiger partial charge on any atom is 0.213 e. The first-order valence-electron chi connectivity index (χ1n) is 7.25. The molecular weight excluding hydrogens is 379 g/mol. The van der Waals surface area contributed by atoms with Gasteiger partial charge in [0, 0.05) is 18.8 Å². The molecule has 0 atom stereocenters. The highest BCUT2D eigenvalue weighted by Crippen LogP contribution is 2.29. The summed E-state index contributed by atoms with van der Waals surface area (Å²) in [6.07, 6.45) is 4.37. The van der Waals surface area contributed by atoms with Gasteiger partial charge in [0.25, 0.3) is 0 Å². The summed E-state index contributed by atoms with van der Waals surface area (Å²) < 4.78 is 5.59. The Kier molecular flexibility index (Phi) is 7.77. The molecule has 2 rings (SSSR count). The normalized spacial score (nSPS) is 14.7. The fourth-order valence-corrected chi connectivity index (χ4v) is 1.62. The number of pyridine rings is 1. The highest BCUT2D eigenvalue weighted by Gasteiger charge is 2.21. The minimum atomic E-state index is 0. The van der Waals surface area contributed by atoms with Gasteiger partial charge in [0.1, 0.15) is 0 Å². The zero-order chi connectivity index (χ0) is 14.4. The molecule has 6 heteroatoms. The van der Waals surface area contributed by atoms with Gasteiger partial charge in [-0.05, 0) is 30.2 Å². The van der Waals surface area contributed by atoms with Gasteiger partial charge in [-0.3, -0.25) is 0 Å². The molecule has 0 spiro atoms. The van der Waals surface area contributed by atoms with Crippen LogP contribution in [0.3, 0.4) is 0 Å². The highest BCUT2D eigenvalue weighted by atomic mass is 127. The Morgan fingerprint density at radius 2 is 2.24 bits per heavy atom. The van der Waals surface area contributed by atoms with E-state index in [1.54, 1.807) is 6.20 Å². The van der Waals surface area contributed by atoms with Crippen LogP contribution in [0, 0.1) is 11.8 Å². The van der Waals surface area contributed by atoms with Crippen molar-refractivity contribution in [2.24, 2.45) is 22.6 Å². The van der Waals surface area contributed by atoms with Crippen LogP contribution in [0.1, 0.15) is 32.3 Å². The lowest BCUT2D eigenvalue weighted by Crippen LogP contribution is -2.34. The molecule has 0 amide bonds. The average molecular weight is 404 g/mol. The lowest BCUT2D eigenvalue weighted by atomic mass is 10.2. The van der Waals surface area contributed by atoms with E-state index >= 15 is 0 Å². The molecule has 0 unspecified atom stereocenters. The number of halogens is 1. The fraction of sp³-hybridized carbons (Fsp3) is 0.600. The van der Waals surface area contributed by atoms with Crippen molar-refractivity contribution < 1.29 is 4.74 Å². The van der Waals surface area contributed by atoms with Crippen LogP contribution in [0.2, 0.25) is 0 Å². The van der Waals surface area contributed by atoms with E-state index in [-0.39, 0.29) is 24.0 Å². The van der Waals surface area contributed by atoms with Gasteiger partial charge in [0.2, 0.25) is 5.88 Å². The van der Waals surface area contributed by atoms with E-state index in [0.717, 1.165) is 24.6 Å². The predicted octanol–water partition coefficient (Wildman–Crippen LogP) is 2.55. The molecule has 1 aliphatic rings. The molecule has 118 valence electrons. The smallest absolute Gasteiger partial charge is 0.213 e. The SMILES string of the molecule is CC(C)CNC(N)=NCc1ccc(OCC2CC2)nc1.I. The minimum absolute atomic E-state index is 0. The Labute approximate surface area is 143 Å². The maximum atomic E-state index is 5.78. The van der Waals surface area contributed by atoms with E-state index in [1.807, 2.05) is 12.1 Å². The maximum absolute atomic E-state index is 5.78. The number of guanidine groups is 1. The van der Waals surface area contributed by atoms with Gasteiger partial charge in [-0.15, -0.1) is 24.0 Å². The van der Waals surface area contributed by atoms with Gasteiger partial charge in [0.15, 0.2) is 5.96 Å². The predicted molar refractivity (Wildman–Crippen MR) is 96.0 cm³/mol. The Morgan fingerprint density at radius 3 is 2.81 bits per heavy atom. The van der Waals surface area contributed by atoms with Crippen molar-refractivity contribution in [3.8, 4) is 5.88 Å². The van der Waals surface area contributed by atoms with Crippen molar-refractivity contribution in [2.45, 2.75) is 33.2 Å². The van der Waals surface area contributed by atoms with Gasteiger partial charge in [0.05, 0.1) is 13.2 Å². The van der Waals surface area contributed by atoms with E-state index in [9.17, 15) is 0 Å². The van der Waals surface area contributed by atoms with E-state index in [0.29, 0.717) is 24.3 Å². The summed E-state index contributed by atoms with van der Waals surface area (Å²) in [5.41, 5.74) is 6.81. The van der Waals surface area contributed by atoms with Crippen molar-refractivity contribution >= 4 is 29.9 Å². The molecular formula is C15H25IN4O. The molecule has 0 radical (unpaired) electrons. The second kappa shape index (κ2) is 9.07. The Morgan fingerprint density at radius 1 is 1.48 bits per heavy atom. The summed E-state index contributed by atoms with van der Waals surface area (Å²) in [4.78, 5) is 8.56. The summed E-state index contributed by atoms with van der Waals surface area (Å²) in [6, 6.07) is 3.87. The second-order valence-electron chi connectivity index (χ2n) is 5.74. The van der Waals surface area contributed by atoms with Crippen LogP contribution in [0.25, 0.3) is 0 Å². The number of hydrogen-bond donors (Lipinski definition) is 2. The summed E-state index contributed by atoms with van der Waals surface area (Å²) in [5.74, 6) is 2.46. The van der Waals surface area contributed by atoms with Gasteiger partial charge in [-0.1, -0.05) is 19.9 Å². The zero-order valence-electron chi connectivity index (χ0n) is 12.7. The number of nitrogens with two attached hydrogens (primary N) is 1. The first kappa shape index (κ1) is 18.0. The molecule has 1 fully saturated rings. The largest absolute Gasteiger partial charge is 0.477 e. The molecule has 1 aromatic rings. The topological polar surface area (TPSA) is 72.5 Å². The van der Waals surface area contributed by atoms with Crippen molar-refractivity contribution in [3.63, 3.8) is 0 Å². The van der Waals surface area contributed by atoms with E-state index in [2.05, 4.69) is 29.1 Å². The Balaban J connectivity index is 0.00000220. The molecule has 1 heterocycles. The summed E-state index contributed by atoms with van der Waals surface area (Å²) in [7, 11) is 0. The van der Waals surface area contributed by atoms with E-state index in [4.69, 9.17) is 10.5 Å². The molecule has 0 aliphatic heterocycles. The lowest BCUT2D eigenvalue weighted by Gasteiger charge is -2.08. The van der Waals surface area contributed by atoms with Crippen molar-refractivity contribution in [1.29, 1.82) is 0 Å². The first-order valence-corrected chi connectivity index (χ1v) is 7.25. The molecule has 3 N–H and O–H groups in total. The number of rotatable bonds is 7. The number of aliphatic imine (C=N–C) groups is 1. The number of aromatic nitrogens is 1. The minimum Gasteiger partial charge on any atom is -0.477 e. The fourth-order valence-electron chi connectivity index (χ4n) is 1.62. The molecule has 0 bridgehead atoms. The van der Waals surface area contributed by atoms with Crippen LogP contribution in [-0.2, 0) is 6.54 Å². The van der Waals surface area contributed by atoms with Crippen molar-refractivity contribution in [2.75, 3.05) is 13.2 Å². The van der Waals surface area contributed by atoms with Crippen LogP contribution in [0.4, 0.5) is 0 Å². The van der Waals surface area contributed by atoms with Gasteiger partial charge in [-0.2, -0.15) is 0 Å². The molecule has 1 aromatic heterocycles. The van der Waals surface area contributed by atoms with Crippen LogP contribution < -0.4 is 15.8 Å². The molecule has 0 saturated heterocycles. The molecule has 21 heavy (non-hydrogen) atoms. The molecule has 1 aliphatic carbocycles. The van der Waals surface area contributed by atoms with Gasteiger partial charge in [-0.25, -0.2) is 9.98 Å². The van der Waals surface area contributed by atoms with E-state index < -0.39 is 0 Å². The quantitative estimate of drug-likeness (QED) is 0.416. The van der Waals surface area contributed by atoms with Crippen LogP contribution >= 0.6 is 24.0 Å². The number of hydrogen-bond acceptors (Lipinski definition) is 3. The third kappa shape index (κ3) is 7.50. The number of ether oxygens (including phenoxy) is 1. The van der Waals surface area contributed by atoms with Gasteiger partial charge >= 0.3 is 0 Å². The summed E-state index contributed by atoms with van der Waals surface area (Å²) in [6.45, 7) is 6.42. The van der Waals surface area contributed by atoms with Crippen molar-refractivity contribution in [3.05, 3.63) is 23.9 Å². The lowest BCUT2D eigenvalue weighted by molar-refractivity contribution is 0.288. The van der Waals surface area contributed by atoms with Crippen LogP contribution in [0.5, 0.6) is 5.88 Å². The molecule has 0 aromatic carbocycles. The monoisotopic (exact) mass is 404 g/mol. The molecule has 1 saturated carbocycles. The summed E-state index contributed by atoms with van der Waals surface area (Å²) >= 11 is 0. The average Bonchev–Trinajstić information content (AvgIpc) is 3.26. The first-order chi connectivity index (χ1) is 9.63. The number of nitrogens with one attached hydrogen (secondary N) is 1. The third-order valence-electron chi connectivity index (χ3n) is 3.08. The second-order valence-corrected chi connectivity index (χ2v) is 5.74. The summed E-state index contributed by atoms with van der Waals surface area (Å²) in [5, 5.41) is 3.09. The molecule has 5 nitrogen and oxygen atoms in total. The van der Waals surface area contributed by atoms with Crippen LogP contribution in [-0.4, -0.2) is 24.1 Å². The van der Waals surface area contributed by atoms with Gasteiger partial charge < -0.3 is 15.8 Å². The third-order valence-corrected chi connectivity index (χ3v) is 3.08. The van der Waals surface area contributed by atoms with E-state index in [1.165, 1.54) is 12.8 Å². The standard InChI is InChI=1S/C15H24N4O.HI/c1-11(2)7-18-15(16)19-9-13-5-6-14(17-8-13)20-10-12-3-4-12;/h5-6,8,11-12H,3-4,7,9-10H2,1-2H3,(H3,16,18,19);1H. The Hall–Kier alpha value is -1.05.